The van der Waals surface area contributed by atoms with Crippen molar-refractivity contribution in [2.24, 2.45) is 0 Å². The average Bonchev–Trinajstić information content (AvgIpc) is 3.11. The van der Waals surface area contributed by atoms with E-state index in [1.54, 1.807) is 12.2 Å². The maximum absolute atomic E-state index is 12.8. The van der Waals surface area contributed by atoms with Crippen LogP contribution in [-0.2, 0) is 22.7 Å². The molecule has 0 saturated carbocycles. The molecule has 2 amide bonds. The van der Waals surface area contributed by atoms with E-state index in [2.05, 4.69) is 112 Å². The van der Waals surface area contributed by atoms with Crippen LogP contribution in [0.5, 0.6) is 0 Å². The molecule has 3 aromatic carbocycles. The lowest BCUT2D eigenvalue weighted by atomic mass is 10.0. The van der Waals surface area contributed by atoms with E-state index in [-0.39, 0.29) is 36.6 Å². The summed E-state index contributed by atoms with van der Waals surface area (Å²) in [5.41, 5.74) is 12.7. The fraction of sp³-hybridized carbons (Fsp3) is 0.364. The monoisotopic (exact) mass is 742 g/mol. The molecule has 2 fully saturated rings. The maximum atomic E-state index is 12.8. The second-order valence-corrected chi connectivity index (χ2v) is 14.0. The highest BCUT2D eigenvalue weighted by atomic mass is 35.5. The normalized spacial score (nSPS) is 15.9. The molecule has 0 bridgehead atoms. The van der Waals surface area contributed by atoms with Gasteiger partial charge < -0.3 is 9.80 Å². The number of piperazine rings is 2. The second kappa shape index (κ2) is 20.3. The molecule has 0 aliphatic carbocycles. The molecule has 0 aromatic heterocycles. The average molecular weight is 744 g/mol. The summed E-state index contributed by atoms with van der Waals surface area (Å²) < 4.78 is 0. The van der Waals surface area contributed by atoms with Gasteiger partial charge in [-0.15, -0.1) is 24.8 Å². The van der Waals surface area contributed by atoms with E-state index in [1.807, 2.05) is 34.1 Å². The highest BCUT2D eigenvalue weighted by Gasteiger charge is 2.21. The summed E-state index contributed by atoms with van der Waals surface area (Å²) in [6.07, 6.45) is 15.1. The first kappa shape index (κ1) is 42.5. The van der Waals surface area contributed by atoms with Crippen LogP contribution in [0.1, 0.15) is 55.6 Å². The molecular formula is C44H56Cl2N4O2. The molecule has 6 nitrogen and oxygen atoms in total. The fourth-order valence-electron chi connectivity index (χ4n) is 6.67. The lowest BCUT2D eigenvalue weighted by Gasteiger charge is -2.34. The van der Waals surface area contributed by atoms with Gasteiger partial charge in [-0.05, 0) is 97.2 Å². The molecule has 0 N–H and O–H groups in total. The van der Waals surface area contributed by atoms with E-state index in [0.29, 0.717) is 0 Å². The van der Waals surface area contributed by atoms with Crippen molar-refractivity contribution in [1.29, 1.82) is 0 Å². The fourth-order valence-corrected chi connectivity index (χ4v) is 6.67. The zero-order chi connectivity index (χ0) is 35.6. The molecule has 0 unspecified atom stereocenters. The third kappa shape index (κ3) is 12.1. The number of amides is 2. The lowest BCUT2D eigenvalue weighted by molar-refractivity contribution is -0.128. The third-order valence-electron chi connectivity index (χ3n) is 10.4. The highest BCUT2D eigenvalue weighted by molar-refractivity contribution is 5.88. The van der Waals surface area contributed by atoms with Crippen molar-refractivity contribution in [3.05, 3.63) is 141 Å². The molecule has 278 valence electrons. The Labute approximate surface area is 324 Å². The molecule has 2 heterocycles. The molecule has 8 heteroatoms. The van der Waals surface area contributed by atoms with Gasteiger partial charge in [0.1, 0.15) is 0 Å². The van der Waals surface area contributed by atoms with Gasteiger partial charge in [-0.2, -0.15) is 0 Å². The summed E-state index contributed by atoms with van der Waals surface area (Å²) in [4.78, 5) is 34.3. The molecule has 0 atom stereocenters. The van der Waals surface area contributed by atoms with E-state index in [0.717, 1.165) is 76.6 Å². The smallest absolute Gasteiger partial charge is 0.246 e. The van der Waals surface area contributed by atoms with Crippen molar-refractivity contribution >= 4 is 48.8 Å². The minimum Gasteiger partial charge on any atom is -0.337 e. The van der Waals surface area contributed by atoms with Gasteiger partial charge in [0.05, 0.1) is 0 Å². The largest absolute Gasteiger partial charge is 0.337 e. The summed E-state index contributed by atoms with van der Waals surface area (Å²) >= 11 is 0. The number of halogens is 2. The van der Waals surface area contributed by atoms with Gasteiger partial charge in [-0.1, -0.05) is 85.0 Å². The first-order chi connectivity index (χ1) is 24.0. The predicted octanol–water partition coefficient (Wildman–Crippen LogP) is 8.21. The second-order valence-electron chi connectivity index (χ2n) is 14.0. The zero-order valence-corrected chi connectivity index (χ0v) is 33.4. The van der Waals surface area contributed by atoms with Crippen LogP contribution in [0.25, 0.3) is 12.2 Å². The molecule has 0 spiro atoms. The van der Waals surface area contributed by atoms with Crippen molar-refractivity contribution in [2.45, 2.75) is 54.6 Å². The Morgan fingerprint density at radius 1 is 0.500 bits per heavy atom. The Morgan fingerprint density at radius 3 is 1.12 bits per heavy atom. The first-order valence-electron chi connectivity index (χ1n) is 18.0. The highest BCUT2D eigenvalue weighted by Crippen LogP contribution is 2.18. The third-order valence-corrected chi connectivity index (χ3v) is 10.4. The minimum absolute atomic E-state index is 0. The number of rotatable bonds is 10. The number of hydrogen-bond acceptors (Lipinski definition) is 4. The van der Waals surface area contributed by atoms with Gasteiger partial charge in [-0.25, -0.2) is 0 Å². The SMILES string of the molecule is Cc1cc(C=CC=CC(=O)N2CCN(Cc3ccc(CN4CCN(C(=O)C=CC=Cc5cc(C)c(C)c(C)c5)CC4)cc3)CC2)cc(C)c1C.Cl.Cl. The number of hydrogen-bond donors (Lipinski definition) is 0. The van der Waals surface area contributed by atoms with Crippen LogP contribution in [0.2, 0.25) is 0 Å². The summed E-state index contributed by atoms with van der Waals surface area (Å²) in [5, 5.41) is 0. The van der Waals surface area contributed by atoms with Crippen LogP contribution in [-0.4, -0.2) is 83.8 Å². The van der Waals surface area contributed by atoms with Gasteiger partial charge in [0.15, 0.2) is 0 Å². The van der Waals surface area contributed by atoms with Gasteiger partial charge in [0.2, 0.25) is 11.8 Å². The molecule has 0 radical (unpaired) electrons. The number of nitrogens with zero attached hydrogens (tertiary/aromatic N) is 4. The maximum Gasteiger partial charge on any atom is 0.246 e. The van der Waals surface area contributed by atoms with Crippen molar-refractivity contribution in [3.63, 3.8) is 0 Å². The van der Waals surface area contributed by atoms with Crippen LogP contribution in [0.15, 0.2) is 85.0 Å². The molecular weight excluding hydrogens is 687 g/mol. The summed E-state index contributed by atoms with van der Waals surface area (Å²) in [6, 6.07) is 17.7. The molecule has 5 rings (SSSR count). The van der Waals surface area contributed by atoms with E-state index in [4.69, 9.17) is 0 Å². The molecule has 2 aliphatic heterocycles. The number of carbonyl (C=O) groups excluding carboxylic acids is 2. The molecule has 52 heavy (non-hydrogen) atoms. The molecule has 2 saturated heterocycles. The van der Waals surface area contributed by atoms with E-state index in [9.17, 15) is 9.59 Å². The van der Waals surface area contributed by atoms with E-state index in [1.165, 1.54) is 44.5 Å². The zero-order valence-electron chi connectivity index (χ0n) is 31.7. The molecule has 3 aromatic rings. The van der Waals surface area contributed by atoms with Crippen LogP contribution in [0.3, 0.4) is 0 Å². The Bertz CT molecular complexity index is 1600. The van der Waals surface area contributed by atoms with Crippen molar-refractivity contribution in [3.8, 4) is 0 Å². The standard InChI is InChI=1S/C44H54N4O2.2ClH/c1-33-27-41(28-34(2)37(33)5)11-7-9-13-43(49)47-23-19-45(20-24-47)31-39-15-17-40(18-16-39)32-46-21-25-48(26-22-46)44(50)14-10-8-12-42-29-35(3)38(6)36(4)30-42;;/h7-18,27-30H,19-26,31-32H2,1-6H3;2*1H. The van der Waals surface area contributed by atoms with Crippen LogP contribution >= 0.6 is 24.8 Å². The van der Waals surface area contributed by atoms with Crippen LogP contribution in [0.4, 0.5) is 0 Å². The number of carbonyl (C=O) groups is 2. The van der Waals surface area contributed by atoms with Gasteiger partial charge in [0, 0.05) is 77.6 Å². The number of aryl methyl sites for hydroxylation is 4. The summed E-state index contributed by atoms with van der Waals surface area (Å²) in [6.45, 7) is 21.1. The summed E-state index contributed by atoms with van der Waals surface area (Å²) in [5.74, 6) is 0.153. The number of benzene rings is 3. The number of allylic oxidation sites excluding steroid dienone is 4. The Morgan fingerprint density at radius 2 is 0.808 bits per heavy atom. The Kier molecular flexibility index (Phi) is 16.6. The minimum atomic E-state index is 0. The van der Waals surface area contributed by atoms with E-state index < -0.39 is 0 Å². The van der Waals surface area contributed by atoms with Crippen LogP contribution in [0, 0.1) is 41.5 Å². The quantitative estimate of drug-likeness (QED) is 0.155. The van der Waals surface area contributed by atoms with Crippen molar-refractivity contribution in [1.82, 2.24) is 19.6 Å². The lowest BCUT2D eigenvalue weighted by Crippen LogP contribution is -2.48. The first-order valence-corrected chi connectivity index (χ1v) is 18.0. The summed E-state index contributed by atoms with van der Waals surface area (Å²) in [7, 11) is 0. The van der Waals surface area contributed by atoms with Gasteiger partial charge >= 0.3 is 0 Å². The van der Waals surface area contributed by atoms with Gasteiger partial charge in [0.25, 0.3) is 0 Å². The van der Waals surface area contributed by atoms with E-state index >= 15 is 0 Å². The van der Waals surface area contributed by atoms with Gasteiger partial charge in [-0.3, -0.25) is 19.4 Å². The predicted molar refractivity (Wildman–Crippen MR) is 222 cm³/mol. The Balaban J connectivity index is 0.00000364. The molecule has 2 aliphatic rings. The Hall–Kier alpha value is -3.94. The topological polar surface area (TPSA) is 47.1 Å². The van der Waals surface area contributed by atoms with Crippen molar-refractivity contribution < 1.29 is 9.59 Å². The van der Waals surface area contributed by atoms with Crippen LogP contribution < -0.4 is 0 Å². The van der Waals surface area contributed by atoms with Crippen molar-refractivity contribution in [2.75, 3.05) is 52.4 Å².